The molecule has 3 nitrogen and oxygen atoms in total. The summed E-state index contributed by atoms with van der Waals surface area (Å²) in [6.07, 6.45) is 2.07. The lowest BCUT2D eigenvalue weighted by atomic mass is 10.1. The predicted octanol–water partition coefficient (Wildman–Crippen LogP) is 3.25. The van der Waals surface area contributed by atoms with Crippen LogP contribution in [0.15, 0.2) is 12.1 Å². The van der Waals surface area contributed by atoms with Gasteiger partial charge in [-0.2, -0.15) is 0 Å². The SMILES string of the molecule is CCCCC(Nc1cc(F)c(F)c(F)c1)C(=O)OC. The number of carbonyl (C=O) groups is 1. The Morgan fingerprint density at radius 2 is 1.89 bits per heavy atom. The maximum Gasteiger partial charge on any atom is 0.328 e. The second-order valence-electron chi connectivity index (χ2n) is 4.12. The molecule has 1 aromatic rings. The topological polar surface area (TPSA) is 38.3 Å². The minimum Gasteiger partial charge on any atom is -0.467 e. The molecule has 1 N–H and O–H groups in total. The number of unbranched alkanes of at least 4 members (excludes halogenated alkanes) is 1. The molecule has 1 aromatic carbocycles. The van der Waals surface area contributed by atoms with Crippen LogP contribution in [0.5, 0.6) is 0 Å². The van der Waals surface area contributed by atoms with E-state index in [9.17, 15) is 18.0 Å². The standard InChI is InChI=1S/C13H16F3NO2/c1-3-4-5-11(13(18)19-2)17-8-6-9(14)12(16)10(15)7-8/h6-7,11,17H,3-5H2,1-2H3. The number of anilines is 1. The van der Waals surface area contributed by atoms with Crippen molar-refractivity contribution in [2.24, 2.45) is 0 Å². The monoisotopic (exact) mass is 275 g/mol. The summed E-state index contributed by atoms with van der Waals surface area (Å²) in [6.45, 7) is 1.95. The molecular formula is C13H16F3NO2. The molecule has 0 heterocycles. The van der Waals surface area contributed by atoms with E-state index >= 15 is 0 Å². The third-order valence-electron chi connectivity index (χ3n) is 2.66. The number of carbonyl (C=O) groups excluding carboxylic acids is 1. The molecule has 0 saturated heterocycles. The molecule has 0 saturated carbocycles. The normalized spacial score (nSPS) is 12.1. The van der Waals surface area contributed by atoms with Crippen LogP contribution in [0, 0.1) is 17.5 Å². The summed E-state index contributed by atoms with van der Waals surface area (Å²) in [5, 5.41) is 2.65. The molecule has 0 radical (unpaired) electrons. The summed E-state index contributed by atoms with van der Waals surface area (Å²) >= 11 is 0. The van der Waals surface area contributed by atoms with Gasteiger partial charge in [-0.3, -0.25) is 0 Å². The highest BCUT2D eigenvalue weighted by atomic mass is 19.2. The zero-order chi connectivity index (χ0) is 14.4. The smallest absolute Gasteiger partial charge is 0.328 e. The summed E-state index contributed by atoms with van der Waals surface area (Å²) in [6, 6.07) is 0.898. The van der Waals surface area contributed by atoms with Gasteiger partial charge >= 0.3 is 5.97 Å². The number of hydrogen-bond donors (Lipinski definition) is 1. The van der Waals surface area contributed by atoms with E-state index < -0.39 is 29.5 Å². The lowest BCUT2D eigenvalue weighted by Gasteiger charge is -2.17. The van der Waals surface area contributed by atoms with Gasteiger partial charge < -0.3 is 10.1 Å². The molecule has 19 heavy (non-hydrogen) atoms. The molecule has 1 rings (SSSR count). The fourth-order valence-corrected chi connectivity index (χ4v) is 1.64. The van der Waals surface area contributed by atoms with Gasteiger partial charge in [0, 0.05) is 17.8 Å². The van der Waals surface area contributed by atoms with Crippen molar-refractivity contribution in [3.63, 3.8) is 0 Å². The minimum absolute atomic E-state index is 0.00269. The molecule has 0 bridgehead atoms. The van der Waals surface area contributed by atoms with E-state index in [-0.39, 0.29) is 5.69 Å². The summed E-state index contributed by atoms with van der Waals surface area (Å²) in [5.74, 6) is -4.67. The Morgan fingerprint density at radius 1 is 1.32 bits per heavy atom. The lowest BCUT2D eigenvalue weighted by molar-refractivity contribution is -0.141. The summed E-state index contributed by atoms with van der Waals surface area (Å²) in [5.41, 5.74) is 0.00269. The van der Waals surface area contributed by atoms with Crippen molar-refractivity contribution in [1.82, 2.24) is 0 Å². The average molecular weight is 275 g/mol. The number of halogens is 3. The van der Waals surface area contributed by atoms with Crippen LogP contribution < -0.4 is 5.32 Å². The summed E-state index contributed by atoms with van der Waals surface area (Å²) in [4.78, 5) is 11.5. The number of esters is 1. The Bertz CT molecular complexity index is 429. The maximum absolute atomic E-state index is 13.1. The first-order valence-corrected chi connectivity index (χ1v) is 5.98. The molecule has 0 aliphatic rings. The number of methoxy groups -OCH3 is 1. The van der Waals surface area contributed by atoms with Crippen LogP contribution in [0.4, 0.5) is 18.9 Å². The number of rotatable bonds is 6. The molecule has 0 fully saturated rings. The first kappa shape index (κ1) is 15.3. The lowest BCUT2D eigenvalue weighted by Crippen LogP contribution is -2.30. The van der Waals surface area contributed by atoms with Gasteiger partial charge in [-0.1, -0.05) is 19.8 Å². The Balaban J connectivity index is 2.86. The highest BCUT2D eigenvalue weighted by Gasteiger charge is 2.20. The molecule has 0 spiro atoms. The molecule has 0 aromatic heterocycles. The molecular weight excluding hydrogens is 259 g/mol. The molecule has 1 atom stereocenters. The van der Waals surface area contributed by atoms with Crippen molar-refractivity contribution < 1.29 is 22.7 Å². The summed E-state index contributed by atoms with van der Waals surface area (Å²) < 4.78 is 43.5. The molecule has 0 aliphatic heterocycles. The highest BCUT2D eigenvalue weighted by Crippen LogP contribution is 2.19. The van der Waals surface area contributed by atoms with Crippen LogP contribution >= 0.6 is 0 Å². The van der Waals surface area contributed by atoms with Crippen LogP contribution in [0.1, 0.15) is 26.2 Å². The fourth-order valence-electron chi connectivity index (χ4n) is 1.64. The van der Waals surface area contributed by atoms with Crippen LogP contribution in [0.2, 0.25) is 0 Å². The number of benzene rings is 1. The van der Waals surface area contributed by atoms with E-state index in [1.54, 1.807) is 0 Å². The molecule has 6 heteroatoms. The zero-order valence-electron chi connectivity index (χ0n) is 10.8. The van der Waals surface area contributed by atoms with Crippen molar-refractivity contribution in [2.75, 3.05) is 12.4 Å². The number of nitrogens with one attached hydrogen (secondary N) is 1. The van der Waals surface area contributed by atoms with Crippen molar-refractivity contribution in [3.8, 4) is 0 Å². The van der Waals surface area contributed by atoms with Crippen molar-refractivity contribution >= 4 is 11.7 Å². The van der Waals surface area contributed by atoms with E-state index in [0.717, 1.165) is 25.0 Å². The third-order valence-corrected chi connectivity index (χ3v) is 2.66. The van der Waals surface area contributed by atoms with E-state index in [0.29, 0.717) is 6.42 Å². The summed E-state index contributed by atoms with van der Waals surface area (Å²) in [7, 11) is 1.23. The first-order chi connectivity index (χ1) is 8.99. The van der Waals surface area contributed by atoms with E-state index in [1.807, 2.05) is 6.92 Å². The van der Waals surface area contributed by atoms with Crippen molar-refractivity contribution in [1.29, 1.82) is 0 Å². The quantitative estimate of drug-likeness (QED) is 0.639. The van der Waals surface area contributed by atoms with Gasteiger partial charge in [0.15, 0.2) is 17.5 Å². The Kier molecular flexibility index (Phi) is 5.66. The van der Waals surface area contributed by atoms with Crippen LogP contribution in [-0.4, -0.2) is 19.1 Å². The molecule has 106 valence electrons. The van der Waals surface area contributed by atoms with Crippen molar-refractivity contribution in [3.05, 3.63) is 29.6 Å². The predicted molar refractivity (Wildman–Crippen MR) is 65.3 cm³/mol. The Labute approximate surface area is 109 Å². The minimum atomic E-state index is -1.53. The molecule has 1 unspecified atom stereocenters. The zero-order valence-corrected chi connectivity index (χ0v) is 10.8. The van der Waals surface area contributed by atoms with Crippen LogP contribution in [0.3, 0.4) is 0 Å². The van der Waals surface area contributed by atoms with Gasteiger partial charge in [-0.15, -0.1) is 0 Å². The van der Waals surface area contributed by atoms with Gasteiger partial charge in [0.1, 0.15) is 6.04 Å². The van der Waals surface area contributed by atoms with Crippen molar-refractivity contribution in [2.45, 2.75) is 32.2 Å². The van der Waals surface area contributed by atoms with Gasteiger partial charge in [0.2, 0.25) is 0 Å². The van der Waals surface area contributed by atoms with Gasteiger partial charge in [0.05, 0.1) is 7.11 Å². The number of hydrogen-bond acceptors (Lipinski definition) is 3. The first-order valence-electron chi connectivity index (χ1n) is 5.98. The largest absolute Gasteiger partial charge is 0.467 e. The van der Waals surface area contributed by atoms with E-state index in [1.165, 1.54) is 7.11 Å². The second-order valence-corrected chi connectivity index (χ2v) is 4.12. The van der Waals surface area contributed by atoms with Gasteiger partial charge in [0.25, 0.3) is 0 Å². The fraction of sp³-hybridized carbons (Fsp3) is 0.462. The number of ether oxygens (including phenoxy) is 1. The second kappa shape index (κ2) is 7.01. The molecule has 0 aliphatic carbocycles. The highest BCUT2D eigenvalue weighted by molar-refractivity contribution is 5.79. The average Bonchev–Trinajstić information content (AvgIpc) is 2.39. The van der Waals surface area contributed by atoms with Gasteiger partial charge in [-0.05, 0) is 6.42 Å². The van der Waals surface area contributed by atoms with E-state index in [4.69, 9.17) is 0 Å². The van der Waals surface area contributed by atoms with Gasteiger partial charge in [-0.25, -0.2) is 18.0 Å². The van der Waals surface area contributed by atoms with E-state index in [2.05, 4.69) is 10.1 Å². The Hall–Kier alpha value is -1.72. The Morgan fingerprint density at radius 3 is 2.37 bits per heavy atom. The van der Waals surface area contributed by atoms with Crippen LogP contribution in [-0.2, 0) is 9.53 Å². The molecule has 0 amide bonds. The van der Waals surface area contributed by atoms with Crippen LogP contribution in [0.25, 0.3) is 0 Å². The third kappa shape index (κ3) is 4.15. The maximum atomic E-state index is 13.1.